The lowest BCUT2D eigenvalue weighted by Crippen LogP contribution is -2.10. The number of rotatable bonds is 2. The second kappa shape index (κ2) is 5.08. The van der Waals surface area contributed by atoms with Crippen molar-refractivity contribution in [3.8, 4) is 0 Å². The molecule has 0 spiro atoms. The van der Waals surface area contributed by atoms with Crippen molar-refractivity contribution < 1.29 is 0 Å². The number of thiocarbonyl (C=S) groups is 1. The predicted molar refractivity (Wildman–Crippen MR) is 68.5 cm³/mol. The molecule has 1 fully saturated rings. The maximum Gasteiger partial charge on any atom is 0.0793 e. The molecule has 1 aliphatic heterocycles. The van der Waals surface area contributed by atoms with Crippen molar-refractivity contribution >= 4 is 34.4 Å². The molecule has 3 heteroatoms. The van der Waals surface area contributed by atoms with Crippen LogP contribution in [-0.4, -0.2) is 22.2 Å². The summed E-state index contributed by atoms with van der Waals surface area (Å²) in [5.74, 6) is 1.03. The van der Waals surface area contributed by atoms with Gasteiger partial charge in [0.2, 0.25) is 0 Å². The van der Waals surface area contributed by atoms with Gasteiger partial charge in [0.15, 0.2) is 0 Å². The number of hydrogen-bond donors (Lipinski definition) is 0. The van der Waals surface area contributed by atoms with Crippen LogP contribution in [0.4, 0.5) is 0 Å². The third kappa shape index (κ3) is 2.67. The highest BCUT2D eigenvalue weighted by atomic mass is 32.2. The first-order valence-electron chi connectivity index (χ1n) is 5.27. The second-order valence-corrected chi connectivity index (χ2v) is 5.52. The SMILES string of the molecule is S=C1SCC=C1C=NC1CCCCC1. The summed E-state index contributed by atoms with van der Waals surface area (Å²) in [6.07, 6.45) is 10.8. The van der Waals surface area contributed by atoms with Gasteiger partial charge in [0.05, 0.1) is 4.20 Å². The van der Waals surface area contributed by atoms with Crippen molar-refractivity contribution in [3.05, 3.63) is 11.6 Å². The quantitative estimate of drug-likeness (QED) is 0.527. The second-order valence-electron chi connectivity index (χ2n) is 3.83. The van der Waals surface area contributed by atoms with Crippen molar-refractivity contribution in [2.45, 2.75) is 38.1 Å². The molecule has 76 valence electrons. The van der Waals surface area contributed by atoms with Gasteiger partial charge < -0.3 is 0 Å². The Balaban J connectivity index is 1.89. The lowest BCUT2D eigenvalue weighted by atomic mass is 9.96. The van der Waals surface area contributed by atoms with Gasteiger partial charge in [-0.2, -0.15) is 0 Å². The molecule has 2 rings (SSSR count). The molecule has 0 radical (unpaired) electrons. The van der Waals surface area contributed by atoms with Crippen molar-refractivity contribution in [1.82, 2.24) is 0 Å². The Morgan fingerprint density at radius 1 is 1.36 bits per heavy atom. The maximum atomic E-state index is 5.21. The molecule has 0 aromatic carbocycles. The molecule has 0 bridgehead atoms. The van der Waals surface area contributed by atoms with Crippen LogP contribution in [0, 0.1) is 0 Å². The topological polar surface area (TPSA) is 12.4 Å². The molecule has 0 N–H and O–H groups in total. The summed E-state index contributed by atoms with van der Waals surface area (Å²) in [6, 6.07) is 0.568. The molecular formula is C11H15NS2. The van der Waals surface area contributed by atoms with Crippen molar-refractivity contribution in [2.75, 3.05) is 5.75 Å². The zero-order chi connectivity index (χ0) is 9.80. The van der Waals surface area contributed by atoms with E-state index in [9.17, 15) is 0 Å². The average Bonchev–Trinajstić information content (AvgIpc) is 2.63. The first-order valence-corrected chi connectivity index (χ1v) is 6.66. The van der Waals surface area contributed by atoms with Gasteiger partial charge in [-0.25, -0.2) is 0 Å². The molecule has 1 aliphatic carbocycles. The fourth-order valence-electron chi connectivity index (χ4n) is 1.90. The third-order valence-electron chi connectivity index (χ3n) is 2.75. The van der Waals surface area contributed by atoms with Gasteiger partial charge in [-0.3, -0.25) is 4.99 Å². The molecule has 1 heterocycles. The fourth-order valence-corrected chi connectivity index (χ4v) is 2.95. The van der Waals surface area contributed by atoms with E-state index in [1.165, 1.54) is 37.7 Å². The van der Waals surface area contributed by atoms with E-state index in [0.29, 0.717) is 6.04 Å². The summed E-state index contributed by atoms with van der Waals surface area (Å²) in [5, 5.41) is 0. The molecule has 1 saturated carbocycles. The van der Waals surface area contributed by atoms with Gasteiger partial charge in [0.1, 0.15) is 0 Å². The van der Waals surface area contributed by atoms with Crippen LogP contribution in [0.1, 0.15) is 32.1 Å². The molecule has 0 unspecified atom stereocenters. The van der Waals surface area contributed by atoms with E-state index in [0.717, 1.165) is 9.95 Å². The highest BCUT2D eigenvalue weighted by Crippen LogP contribution is 2.22. The van der Waals surface area contributed by atoms with Crippen LogP contribution in [0.2, 0.25) is 0 Å². The van der Waals surface area contributed by atoms with Crippen molar-refractivity contribution in [3.63, 3.8) is 0 Å². The highest BCUT2D eigenvalue weighted by Gasteiger charge is 2.13. The smallest absolute Gasteiger partial charge is 0.0793 e. The summed E-state index contributed by atoms with van der Waals surface area (Å²) in [4.78, 5) is 4.62. The van der Waals surface area contributed by atoms with Gasteiger partial charge in [-0.1, -0.05) is 37.6 Å². The van der Waals surface area contributed by atoms with E-state index < -0.39 is 0 Å². The van der Waals surface area contributed by atoms with Gasteiger partial charge >= 0.3 is 0 Å². The summed E-state index contributed by atoms with van der Waals surface area (Å²) in [6.45, 7) is 0. The number of thioether (sulfide) groups is 1. The van der Waals surface area contributed by atoms with Gasteiger partial charge in [0, 0.05) is 23.6 Å². The average molecular weight is 225 g/mol. The minimum absolute atomic E-state index is 0.568. The monoisotopic (exact) mass is 225 g/mol. The van der Waals surface area contributed by atoms with Crippen LogP contribution in [0.3, 0.4) is 0 Å². The molecule has 0 saturated heterocycles. The van der Waals surface area contributed by atoms with E-state index in [4.69, 9.17) is 12.2 Å². The summed E-state index contributed by atoms with van der Waals surface area (Å²) in [7, 11) is 0. The summed E-state index contributed by atoms with van der Waals surface area (Å²) >= 11 is 6.95. The first-order chi connectivity index (χ1) is 6.86. The molecule has 0 aromatic rings. The molecule has 1 nitrogen and oxygen atoms in total. The van der Waals surface area contributed by atoms with E-state index >= 15 is 0 Å². The first kappa shape index (κ1) is 10.4. The standard InChI is InChI=1S/C11H15NS2/c13-11-9(6-7-14-11)8-12-10-4-2-1-3-5-10/h6,8,10H,1-5,7H2. The number of aliphatic imine (C=N–C) groups is 1. The molecule has 0 amide bonds. The Hall–Kier alpha value is -0.150. The third-order valence-corrected chi connectivity index (χ3v) is 4.17. The van der Waals surface area contributed by atoms with Crippen molar-refractivity contribution in [1.29, 1.82) is 0 Å². The summed E-state index contributed by atoms with van der Waals surface area (Å²) < 4.78 is 1.02. The minimum atomic E-state index is 0.568. The Morgan fingerprint density at radius 2 is 2.14 bits per heavy atom. The van der Waals surface area contributed by atoms with Gasteiger partial charge in [-0.15, -0.1) is 11.8 Å². The Labute approximate surface area is 95.1 Å². The molecular weight excluding hydrogens is 210 g/mol. The number of hydrogen-bond acceptors (Lipinski definition) is 3. The predicted octanol–water partition coefficient (Wildman–Crippen LogP) is 3.39. The van der Waals surface area contributed by atoms with Crippen LogP contribution >= 0.6 is 24.0 Å². The number of nitrogens with zero attached hydrogens (tertiary/aromatic N) is 1. The zero-order valence-electron chi connectivity index (χ0n) is 8.24. The highest BCUT2D eigenvalue weighted by molar-refractivity contribution is 8.24. The van der Waals surface area contributed by atoms with E-state index in [1.807, 2.05) is 6.21 Å². The summed E-state index contributed by atoms with van der Waals surface area (Å²) in [5.41, 5.74) is 1.18. The molecule has 0 aromatic heterocycles. The van der Waals surface area contributed by atoms with E-state index in [1.54, 1.807) is 11.8 Å². The van der Waals surface area contributed by atoms with Crippen LogP contribution in [-0.2, 0) is 0 Å². The van der Waals surface area contributed by atoms with Gasteiger partial charge in [-0.05, 0) is 12.8 Å². The van der Waals surface area contributed by atoms with Crippen LogP contribution < -0.4 is 0 Å². The van der Waals surface area contributed by atoms with E-state index in [2.05, 4.69) is 11.1 Å². The normalized spacial score (nSPS) is 24.6. The van der Waals surface area contributed by atoms with Crippen molar-refractivity contribution in [2.24, 2.45) is 4.99 Å². The molecule has 0 atom stereocenters. The largest absolute Gasteiger partial charge is 0.289 e. The van der Waals surface area contributed by atoms with Crippen LogP contribution in [0.15, 0.2) is 16.6 Å². The van der Waals surface area contributed by atoms with Crippen LogP contribution in [0.5, 0.6) is 0 Å². The maximum absolute atomic E-state index is 5.21. The lowest BCUT2D eigenvalue weighted by molar-refractivity contribution is 0.444. The van der Waals surface area contributed by atoms with E-state index in [-0.39, 0.29) is 0 Å². The minimum Gasteiger partial charge on any atom is -0.289 e. The Kier molecular flexibility index (Phi) is 3.76. The molecule has 14 heavy (non-hydrogen) atoms. The molecule has 2 aliphatic rings. The lowest BCUT2D eigenvalue weighted by Gasteiger charge is -2.17. The Bertz CT molecular complexity index is 275. The van der Waals surface area contributed by atoms with Crippen LogP contribution in [0.25, 0.3) is 0 Å². The Morgan fingerprint density at radius 3 is 2.79 bits per heavy atom. The fraction of sp³-hybridized carbons (Fsp3) is 0.636. The zero-order valence-corrected chi connectivity index (χ0v) is 9.87. The van der Waals surface area contributed by atoms with Gasteiger partial charge in [0.25, 0.3) is 0 Å².